The summed E-state index contributed by atoms with van der Waals surface area (Å²) in [6.07, 6.45) is 0.567. The molecule has 0 unspecified atom stereocenters. The maximum atomic E-state index is 10.9. The molecule has 2 aromatic carbocycles. The third-order valence-corrected chi connectivity index (χ3v) is 3.99. The summed E-state index contributed by atoms with van der Waals surface area (Å²) < 4.78 is 0. The summed E-state index contributed by atoms with van der Waals surface area (Å²) >= 11 is 0. The Morgan fingerprint density at radius 2 is 2.09 bits per heavy atom. The third-order valence-electron chi connectivity index (χ3n) is 3.99. The van der Waals surface area contributed by atoms with E-state index in [1.165, 1.54) is 6.07 Å². The minimum Gasteiger partial charge on any atom is -0.507 e. The molecular weight excluding hydrogens is 294 g/mol. The van der Waals surface area contributed by atoms with Crippen molar-refractivity contribution in [3.05, 3.63) is 68.8 Å². The van der Waals surface area contributed by atoms with Gasteiger partial charge in [-0.2, -0.15) is 5.10 Å². The Labute approximate surface area is 133 Å². The number of nitro benzene ring substituents is 1. The van der Waals surface area contributed by atoms with Gasteiger partial charge in [0, 0.05) is 24.1 Å². The number of hydrogen-bond donors (Lipinski definition) is 2. The molecular formula is C17H17N3O3. The summed E-state index contributed by atoms with van der Waals surface area (Å²) in [4.78, 5) is 10.5. The highest BCUT2D eigenvalue weighted by molar-refractivity contribution is 6.04. The molecule has 0 radical (unpaired) electrons. The molecule has 0 saturated carbocycles. The number of aromatic hydroxyl groups is 1. The molecule has 118 valence electrons. The van der Waals surface area contributed by atoms with Crippen LogP contribution in [-0.2, 0) is 0 Å². The molecule has 1 heterocycles. The second kappa shape index (κ2) is 5.72. The molecule has 6 heteroatoms. The van der Waals surface area contributed by atoms with Crippen LogP contribution in [0.5, 0.6) is 5.75 Å². The van der Waals surface area contributed by atoms with Crippen LogP contribution in [-0.4, -0.2) is 15.7 Å². The number of nitro groups is 1. The zero-order valence-electron chi connectivity index (χ0n) is 12.9. The number of hydrogen-bond acceptors (Lipinski definition) is 5. The molecule has 0 amide bonds. The van der Waals surface area contributed by atoms with Gasteiger partial charge >= 0.3 is 0 Å². The Morgan fingerprint density at radius 1 is 1.30 bits per heavy atom. The van der Waals surface area contributed by atoms with E-state index in [-0.39, 0.29) is 17.5 Å². The SMILES string of the molecule is Cc1cc(C)c(O)c(C2=NN[C@H](c3cccc([N+](=O)[O-])c3)C2)c1. The van der Waals surface area contributed by atoms with Crippen LogP contribution < -0.4 is 5.43 Å². The van der Waals surface area contributed by atoms with Crippen molar-refractivity contribution < 1.29 is 10.0 Å². The van der Waals surface area contributed by atoms with Crippen LogP contribution in [0.1, 0.15) is 34.7 Å². The first kappa shape index (κ1) is 15.0. The molecule has 2 aromatic rings. The predicted molar refractivity (Wildman–Crippen MR) is 87.7 cm³/mol. The number of non-ortho nitro benzene ring substituents is 1. The minimum atomic E-state index is -0.407. The van der Waals surface area contributed by atoms with Crippen molar-refractivity contribution in [3.8, 4) is 5.75 Å². The Morgan fingerprint density at radius 3 is 2.83 bits per heavy atom. The largest absolute Gasteiger partial charge is 0.507 e. The van der Waals surface area contributed by atoms with Gasteiger partial charge in [-0.3, -0.25) is 10.1 Å². The van der Waals surface area contributed by atoms with Crippen molar-refractivity contribution in [2.75, 3.05) is 0 Å². The average molecular weight is 311 g/mol. The number of rotatable bonds is 3. The molecule has 23 heavy (non-hydrogen) atoms. The maximum Gasteiger partial charge on any atom is 0.269 e. The van der Waals surface area contributed by atoms with Gasteiger partial charge in [0.15, 0.2) is 0 Å². The standard InChI is InChI=1S/C17H17N3O3/c1-10-6-11(2)17(21)14(7-10)16-9-15(18-19-16)12-4-3-5-13(8-12)20(22)23/h3-8,15,18,21H,9H2,1-2H3/t15-/m0/s1. The highest BCUT2D eigenvalue weighted by Crippen LogP contribution is 2.31. The van der Waals surface area contributed by atoms with E-state index in [0.29, 0.717) is 12.0 Å². The number of nitrogens with zero attached hydrogens (tertiary/aromatic N) is 2. The fraction of sp³-hybridized carbons (Fsp3) is 0.235. The quantitative estimate of drug-likeness (QED) is 0.672. The van der Waals surface area contributed by atoms with E-state index in [2.05, 4.69) is 10.5 Å². The first-order valence-electron chi connectivity index (χ1n) is 7.32. The van der Waals surface area contributed by atoms with Crippen molar-refractivity contribution in [1.82, 2.24) is 5.43 Å². The maximum absolute atomic E-state index is 10.9. The second-order valence-corrected chi connectivity index (χ2v) is 5.77. The van der Waals surface area contributed by atoms with Crippen molar-refractivity contribution in [2.24, 2.45) is 5.10 Å². The normalized spacial score (nSPS) is 16.8. The van der Waals surface area contributed by atoms with E-state index in [4.69, 9.17) is 0 Å². The Hall–Kier alpha value is -2.89. The van der Waals surface area contributed by atoms with E-state index in [1.54, 1.807) is 12.1 Å². The van der Waals surface area contributed by atoms with E-state index >= 15 is 0 Å². The first-order valence-corrected chi connectivity index (χ1v) is 7.32. The van der Waals surface area contributed by atoms with Crippen LogP contribution in [0.3, 0.4) is 0 Å². The number of aryl methyl sites for hydroxylation is 2. The Bertz CT molecular complexity index is 815. The van der Waals surface area contributed by atoms with Crippen LogP contribution in [0, 0.1) is 24.0 Å². The topological polar surface area (TPSA) is 87.8 Å². The van der Waals surface area contributed by atoms with Crippen LogP contribution in [0.2, 0.25) is 0 Å². The Balaban J connectivity index is 1.86. The Kier molecular flexibility index (Phi) is 3.73. The summed E-state index contributed by atoms with van der Waals surface area (Å²) in [6.45, 7) is 3.82. The summed E-state index contributed by atoms with van der Waals surface area (Å²) in [7, 11) is 0. The second-order valence-electron chi connectivity index (χ2n) is 5.77. The van der Waals surface area contributed by atoms with E-state index in [0.717, 1.165) is 22.4 Å². The monoisotopic (exact) mass is 311 g/mol. The van der Waals surface area contributed by atoms with Gasteiger partial charge < -0.3 is 10.5 Å². The van der Waals surface area contributed by atoms with Crippen molar-refractivity contribution in [2.45, 2.75) is 26.3 Å². The highest BCUT2D eigenvalue weighted by Gasteiger charge is 2.24. The fourth-order valence-corrected chi connectivity index (χ4v) is 2.84. The molecule has 0 aromatic heterocycles. The fourth-order valence-electron chi connectivity index (χ4n) is 2.84. The van der Waals surface area contributed by atoms with Crippen LogP contribution in [0.15, 0.2) is 41.5 Å². The van der Waals surface area contributed by atoms with Crippen molar-refractivity contribution in [3.63, 3.8) is 0 Å². The van der Waals surface area contributed by atoms with Crippen molar-refractivity contribution >= 4 is 11.4 Å². The molecule has 0 bridgehead atoms. The molecule has 1 aliphatic heterocycles. The minimum absolute atomic E-state index is 0.0620. The lowest BCUT2D eigenvalue weighted by Crippen LogP contribution is -2.10. The lowest BCUT2D eigenvalue weighted by Gasteiger charge is -2.11. The summed E-state index contributed by atoms with van der Waals surface area (Å²) in [6, 6.07) is 10.2. The summed E-state index contributed by atoms with van der Waals surface area (Å²) in [5.41, 5.74) is 7.20. The van der Waals surface area contributed by atoms with Gasteiger partial charge in [0.05, 0.1) is 16.7 Å². The molecule has 0 spiro atoms. The highest BCUT2D eigenvalue weighted by atomic mass is 16.6. The van der Waals surface area contributed by atoms with Gasteiger partial charge in [-0.05, 0) is 36.6 Å². The molecule has 0 saturated heterocycles. The molecule has 3 rings (SSSR count). The van der Waals surface area contributed by atoms with Gasteiger partial charge in [0.25, 0.3) is 5.69 Å². The van der Waals surface area contributed by atoms with Gasteiger partial charge in [-0.25, -0.2) is 0 Å². The number of benzene rings is 2. The summed E-state index contributed by atoms with van der Waals surface area (Å²) in [5, 5.41) is 25.5. The van der Waals surface area contributed by atoms with Crippen molar-refractivity contribution in [1.29, 1.82) is 0 Å². The molecule has 2 N–H and O–H groups in total. The average Bonchev–Trinajstić information content (AvgIpc) is 3.00. The zero-order chi connectivity index (χ0) is 16.6. The van der Waals surface area contributed by atoms with Gasteiger partial charge in [0.2, 0.25) is 0 Å². The molecule has 1 aliphatic rings. The predicted octanol–water partition coefficient (Wildman–Crippen LogP) is 3.36. The molecule has 0 aliphatic carbocycles. The zero-order valence-corrected chi connectivity index (χ0v) is 12.9. The number of hydrazone groups is 1. The smallest absolute Gasteiger partial charge is 0.269 e. The number of phenols is 1. The first-order chi connectivity index (χ1) is 11.0. The lowest BCUT2D eigenvalue weighted by atomic mass is 9.96. The molecule has 1 atom stereocenters. The lowest BCUT2D eigenvalue weighted by molar-refractivity contribution is -0.384. The summed E-state index contributed by atoms with van der Waals surface area (Å²) in [5.74, 6) is 0.232. The molecule has 6 nitrogen and oxygen atoms in total. The van der Waals surface area contributed by atoms with E-state index in [9.17, 15) is 15.2 Å². The van der Waals surface area contributed by atoms with E-state index < -0.39 is 4.92 Å². The third kappa shape index (κ3) is 2.88. The van der Waals surface area contributed by atoms with Crippen LogP contribution >= 0.6 is 0 Å². The van der Waals surface area contributed by atoms with Gasteiger partial charge in [-0.15, -0.1) is 0 Å². The van der Waals surface area contributed by atoms with Gasteiger partial charge in [-0.1, -0.05) is 18.2 Å². The van der Waals surface area contributed by atoms with Crippen LogP contribution in [0.25, 0.3) is 0 Å². The molecule has 0 fully saturated rings. The van der Waals surface area contributed by atoms with Gasteiger partial charge in [0.1, 0.15) is 5.75 Å². The van der Waals surface area contributed by atoms with E-state index in [1.807, 2.05) is 32.0 Å². The number of phenolic OH excluding ortho intramolecular Hbond substituents is 1. The van der Waals surface area contributed by atoms with Crippen LogP contribution in [0.4, 0.5) is 5.69 Å². The number of nitrogens with one attached hydrogen (secondary N) is 1.